The fraction of sp³-hybridized carbons (Fsp3) is 0.324. The molecule has 0 saturated carbocycles. The third kappa shape index (κ3) is 7.72. The second-order valence-electron chi connectivity index (χ2n) is 11.8. The number of halogens is 1. The number of carbonyl (C=O) groups excluding carboxylic acids is 2. The summed E-state index contributed by atoms with van der Waals surface area (Å²) < 4.78 is 7.49. The number of unbranched alkanes of at least 4 members (excludes halogenated alkanes) is 2. The number of hydrogen-bond acceptors (Lipinski definition) is 7. The first kappa shape index (κ1) is 33.1. The number of carbonyl (C=O) groups is 2. The molecule has 1 atom stereocenters. The van der Waals surface area contributed by atoms with Crippen LogP contribution in [0.4, 0.5) is 0 Å². The number of hydrogen-bond donors (Lipinski definition) is 3. The van der Waals surface area contributed by atoms with Crippen LogP contribution >= 0.6 is 11.6 Å². The molecule has 1 unspecified atom stereocenters. The fourth-order valence-corrected chi connectivity index (χ4v) is 6.56. The molecule has 1 aromatic heterocycles. The van der Waals surface area contributed by atoms with E-state index in [1.54, 1.807) is 25.3 Å². The van der Waals surface area contributed by atoms with Crippen LogP contribution in [0.15, 0.2) is 71.7 Å². The second-order valence-corrected chi connectivity index (χ2v) is 16.0. The van der Waals surface area contributed by atoms with Gasteiger partial charge in [-0.15, -0.1) is 10.2 Å². The first-order valence-electron chi connectivity index (χ1n) is 15.4. The molecule has 46 heavy (non-hydrogen) atoms. The molecule has 240 valence electrons. The van der Waals surface area contributed by atoms with Crippen LogP contribution in [0.2, 0.25) is 18.1 Å². The molecule has 3 aromatic carbocycles. The number of rotatable bonds is 12. The third-order valence-electron chi connectivity index (χ3n) is 7.92. The molecule has 0 bridgehead atoms. The summed E-state index contributed by atoms with van der Waals surface area (Å²) in [5.74, 6) is 1.68. The summed E-state index contributed by atoms with van der Waals surface area (Å²) in [7, 11) is -0.862. The minimum absolute atomic E-state index is 0.100. The summed E-state index contributed by atoms with van der Waals surface area (Å²) in [6, 6.07) is 19.9. The number of ether oxygens (including phenoxy) is 1. The Morgan fingerprint density at radius 3 is 2.43 bits per heavy atom. The highest BCUT2D eigenvalue weighted by Gasteiger charge is 2.30. The Balaban J connectivity index is 1.20. The quantitative estimate of drug-likeness (QED) is 0.150. The van der Waals surface area contributed by atoms with Crippen molar-refractivity contribution in [1.82, 2.24) is 25.4 Å². The highest BCUT2D eigenvalue weighted by atomic mass is 35.5. The van der Waals surface area contributed by atoms with Crippen molar-refractivity contribution < 1.29 is 19.1 Å². The highest BCUT2D eigenvalue weighted by molar-refractivity contribution is 6.83. The van der Waals surface area contributed by atoms with Gasteiger partial charge in [0.1, 0.15) is 17.6 Å². The molecular weight excluding hydrogens is 620 g/mol. The van der Waals surface area contributed by atoms with Gasteiger partial charge in [-0.2, -0.15) is 0 Å². The number of nitrogens with zero attached hydrogens (tertiary/aromatic N) is 4. The Kier molecular flexibility index (Phi) is 10.3. The van der Waals surface area contributed by atoms with Crippen molar-refractivity contribution in [2.75, 3.05) is 20.2 Å². The van der Waals surface area contributed by atoms with Gasteiger partial charge in [0.25, 0.3) is 5.91 Å². The largest absolute Gasteiger partial charge is 0.497 e. The lowest BCUT2D eigenvalue weighted by atomic mass is 10.00. The molecule has 5 rings (SSSR count). The molecular formula is C34H39ClN6O4Si. The maximum absolute atomic E-state index is 13.2. The summed E-state index contributed by atoms with van der Waals surface area (Å²) in [6.07, 6.45) is 2.49. The Bertz CT molecular complexity index is 1750. The minimum Gasteiger partial charge on any atom is -0.497 e. The van der Waals surface area contributed by atoms with Gasteiger partial charge >= 0.3 is 0 Å². The summed E-state index contributed by atoms with van der Waals surface area (Å²) in [4.78, 5) is 41.2. The number of amides is 2. The Labute approximate surface area is 275 Å². The van der Waals surface area contributed by atoms with Crippen LogP contribution in [0.1, 0.15) is 64.9 Å². The molecule has 0 radical (unpaired) electrons. The summed E-state index contributed by atoms with van der Waals surface area (Å²) in [5.41, 5.74) is 3.82. The smallest absolute Gasteiger partial charge is 0.251 e. The van der Waals surface area contributed by atoms with Gasteiger partial charge < -0.3 is 20.2 Å². The van der Waals surface area contributed by atoms with E-state index in [0.717, 1.165) is 41.3 Å². The van der Waals surface area contributed by atoms with Gasteiger partial charge in [0, 0.05) is 34.8 Å². The molecule has 0 spiro atoms. The zero-order chi connectivity index (χ0) is 32.8. The predicted molar refractivity (Wildman–Crippen MR) is 182 cm³/mol. The number of aromatic nitrogens is 3. The maximum atomic E-state index is 13.2. The van der Waals surface area contributed by atoms with Crippen LogP contribution in [0.5, 0.6) is 5.75 Å². The summed E-state index contributed by atoms with van der Waals surface area (Å²) in [6.45, 7) is 6.58. The van der Waals surface area contributed by atoms with E-state index >= 15 is 0 Å². The van der Waals surface area contributed by atoms with Crippen molar-refractivity contribution in [2.24, 2.45) is 4.99 Å². The SMILES string of the molecule is COc1ccc2c(c1)C(c1ccc(Cl)cc1)=NC(CC(=O)NCCCCCNC(=O)c1cccc([Si](C)(C)O)c1)c1nnc(C)n1-2. The van der Waals surface area contributed by atoms with Gasteiger partial charge in [0.2, 0.25) is 14.2 Å². The lowest BCUT2D eigenvalue weighted by Crippen LogP contribution is -2.42. The molecule has 12 heteroatoms. The molecule has 2 heterocycles. The van der Waals surface area contributed by atoms with Gasteiger partial charge in [-0.25, -0.2) is 0 Å². The van der Waals surface area contributed by atoms with Gasteiger partial charge in [0.15, 0.2) is 5.82 Å². The Morgan fingerprint density at radius 2 is 1.72 bits per heavy atom. The number of fused-ring (bicyclic) bond motifs is 3. The zero-order valence-corrected chi connectivity index (χ0v) is 28.3. The van der Waals surface area contributed by atoms with Crippen molar-refractivity contribution in [1.29, 1.82) is 0 Å². The molecule has 0 aliphatic carbocycles. The van der Waals surface area contributed by atoms with Crippen LogP contribution in [-0.4, -0.2) is 65.6 Å². The first-order valence-corrected chi connectivity index (χ1v) is 18.7. The first-order chi connectivity index (χ1) is 22.0. The molecule has 1 aliphatic heterocycles. The van der Waals surface area contributed by atoms with Crippen LogP contribution < -0.4 is 20.6 Å². The van der Waals surface area contributed by atoms with Crippen LogP contribution in [0.25, 0.3) is 5.69 Å². The van der Waals surface area contributed by atoms with Gasteiger partial charge in [-0.05, 0) is 86.9 Å². The lowest BCUT2D eigenvalue weighted by molar-refractivity contribution is -0.121. The van der Waals surface area contributed by atoms with Crippen molar-refractivity contribution in [3.63, 3.8) is 0 Å². The molecule has 0 fully saturated rings. The van der Waals surface area contributed by atoms with Crippen LogP contribution in [0, 0.1) is 6.92 Å². The number of methoxy groups -OCH3 is 1. The van der Waals surface area contributed by atoms with E-state index < -0.39 is 14.4 Å². The topological polar surface area (TPSA) is 131 Å². The summed E-state index contributed by atoms with van der Waals surface area (Å²) >= 11 is 6.19. The number of benzene rings is 3. The molecule has 0 saturated heterocycles. The van der Waals surface area contributed by atoms with Crippen LogP contribution in [0.3, 0.4) is 0 Å². The van der Waals surface area contributed by atoms with E-state index in [-0.39, 0.29) is 18.2 Å². The van der Waals surface area contributed by atoms with E-state index in [1.165, 1.54) is 0 Å². The monoisotopic (exact) mass is 658 g/mol. The minimum atomic E-state index is -2.48. The normalized spacial score (nSPS) is 14.0. The highest BCUT2D eigenvalue weighted by Crippen LogP contribution is 2.34. The van der Waals surface area contributed by atoms with Gasteiger partial charge in [0.05, 0.1) is 24.9 Å². The number of aryl methyl sites for hydroxylation is 1. The van der Waals surface area contributed by atoms with E-state index in [1.807, 2.05) is 73.1 Å². The predicted octanol–water partition coefficient (Wildman–Crippen LogP) is 4.64. The average molecular weight is 659 g/mol. The summed E-state index contributed by atoms with van der Waals surface area (Å²) in [5, 5.41) is 16.2. The zero-order valence-electron chi connectivity index (χ0n) is 26.5. The second kappa shape index (κ2) is 14.4. The van der Waals surface area contributed by atoms with Crippen molar-refractivity contribution in [2.45, 2.75) is 51.7 Å². The number of aliphatic imine (C=N–C) groups is 1. The van der Waals surface area contributed by atoms with Gasteiger partial charge in [-0.1, -0.05) is 35.9 Å². The third-order valence-corrected chi connectivity index (χ3v) is 9.90. The fourth-order valence-electron chi connectivity index (χ4n) is 5.42. The Morgan fingerprint density at radius 1 is 0.978 bits per heavy atom. The molecule has 4 aromatic rings. The van der Waals surface area contributed by atoms with Gasteiger partial charge in [-0.3, -0.25) is 19.1 Å². The van der Waals surface area contributed by atoms with Crippen molar-refractivity contribution in [3.05, 3.63) is 100 Å². The standard InChI is InChI=1S/C34H39ClN6O4Si/c1-22-39-40-33-29(38-32(23-11-13-25(35)14-12-23)28-20-26(45-2)15-16-30(28)41(22)33)21-31(42)36-17-6-5-7-18-37-34(43)24-9-8-10-27(19-24)46(3,4)44/h8-16,19-20,29,44H,5-7,17-18,21H2,1-4H3,(H,36,42)(H,37,43). The molecule has 1 aliphatic rings. The Hall–Kier alpha value is -4.32. The van der Waals surface area contributed by atoms with E-state index in [4.69, 9.17) is 21.3 Å². The average Bonchev–Trinajstić information content (AvgIpc) is 3.36. The molecule has 2 amide bonds. The molecule has 10 nitrogen and oxygen atoms in total. The maximum Gasteiger partial charge on any atom is 0.251 e. The molecule has 3 N–H and O–H groups in total. The van der Waals surface area contributed by atoms with Crippen molar-refractivity contribution in [3.8, 4) is 11.4 Å². The van der Waals surface area contributed by atoms with Crippen molar-refractivity contribution >= 4 is 42.6 Å². The van der Waals surface area contributed by atoms with Crippen LogP contribution in [-0.2, 0) is 4.79 Å². The lowest BCUT2D eigenvalue weighted by Gasteiger charge is -2.15. The van der Waals surface area contributed by atoms with E-state index in [9.17, 15) is 14.4 Å². The van der Waals surface area contributed by atoms with E-state index in [0.29, 0.717) is 46.8 Å². The number of nitrogens with one attached hydrogen (secondary N) is 2. The van der Waals surface area contributed by atoms with E-state index in [2.05, 4.69) is 20.8 Å².